The normalized spacial score (nSPS) is 11.3. The van der Waals surface area contributed by atoms with Crippen LogP contribution in [0.4, 0.5) is 5.13 Å². The third-order valence-electron chi connectivity index (χ3n) is 3.94. The van der Waals surface area contributed by atoms with Gasteiger partial charge in [-0.25, -0.2) is 4.98 Å². The summed E-state index contributed by atoms with van der Waals surface area (Å²) in [7, 11) is 0. The highest BCUT2D eigenvalue weighted by Crippen LogP contribution is 2.17. The molecule has 0 radical (unpaired) electrons. The van der Waals surface area contributed by atoms with E-state index in [1.54, 1.807) is 29.6 Å². The average molecular weight is 451 g/mol. The second kappa shape index (κ2) is 10.0. The molecule has 162 valence electrons. The molecule has 30 heavy (non-hydrogen) atoms. The molecule has 1 aromatic carbocycles. The van der Waals surface area contributed by atoms with E-state index in [-0.39, 0.29) is 42.3 Å². The van der Waals surface area contributed by atoms with Crippen molar-refractivity contribution in [1.82, 2.24) is 15.2 Å². The van der Waals surface area contributed by atoms with Gasteiger partial charge in [0.2, 0.25) is 11.8 Å². The molecule has 0 aliphatic rings. The highest BCUT2D eigenvalue weighted by Gasteiger charge is 2.22. The SMILES string of the molecule is CC(C)N(CC(=O)Nc1nc(CC(=O)NC(C)(C)C)cs1)C(=O)c1ccc(Cl)cc1. The van der Waals surface area contributed by atoms with Crippen molar-refractivity contribution in [2.45, 2.75) is 52.6 Å². The monoisotopic (exact) mass is 450 g/mol. The minimum atomic E-state index is -0.356. The first-order valence-corrected chi connectivity index (χ1v) is 10.8. The van der Waals surface area contributed by atoms with E-state index in [0.29, 0.717) is 21.4 Å². The number of nitrogens with one attached hydrogen (secondary N) is 2. The van der Waals surface area contributed by atoms with Gasteiger partial charge in [0.25, 0.3) is 5.91 Å². The van der Waals surface area contributed by atoms with E-state index >= 15 is 0 Å². The van der Waals surface area contributed by atoms with Crippen molar-refractivity contribution in [3.8, 4) is 0 Å². The first-order valence-electron chi connectivity index (χ1n) is 9.56. The van der Waals surface area contributed by atoms with Crippen LogP contribution >= 0.6 is 22.9 Å². The number of aromatic nitrogens is 1. The Morgan fingerprint density at radius 3 is 2.33 bits per heavy atom. The maximum atomic E-state index is 12.8. The molecule has 0 aliphatic carbocycles. The third kappa shape index (κ3) is 7.42. The molecule has 1 aromatic heterocycles. The zero-order chi connectivity index (χ0) is 22.5. The van der Waals surface area contributed by atoms with Crippen molar-refractivity contribution in [2.24, 2.45) is 0 Å². The quantitative estimate of drug-likeness (QED) is 0.672. The van der Waals surface area contributed by atoms with Gasteiger partial charge in [-0.1, -0.05) is 11.6 Å². The van der Waals surface area contributed by atoms with E-state index in [9.17, 15) is 14.4 Å². The van der Waals surface area contributed by atoms with Crippen LogP contribution in [0.3, 0.4) is 0 Å². The zero-order valence-electron chi connectivity index (χ0n) is 17.8. The number of hydrogen-bond donors (Lipinski definition) is 2. The minimum absolute atomic E-state index is 0.113. The van der Waals surface area contributed by atoms with Gasteiger partial charge in [0, 0.05) is 27.5 Å². The van der Waals surface area contributed by atoms with Gasteiger partial charge >= 0.3 is 0 Å². The van der Waals surface area contributed by atoms with E-state index in [1.165, 1.54) is 16.2 Å². The number of nitrogens with zero attached hydrogens (tertiary/aromatic N) is 2. The van der Waals surface area contributed by atoms with Crippen molar-refractivity contribution >= 4 is 45.8 Å². The van der Waals surface area contributed by atoms with Gasteiger partial charge in [0.15, 0.2) is 5.13 Å². The fourth-order valence-electron chi connectivity index (χ4n) is 2.63. The molecule has 0 aliphatic heterocycles. The first-order chi connectivity index (χ1) is 13.9. The molecule has 2 rings (SSSR count). The number of rotatable bonds is 7. The van der Waals surface area contributed by atoms with Gasteiger partial charge in [-0.15, -0.1) is 11.3 Å². The molecular formula is C21H27ClN4O3S. The van der Waals surface area contributed by atoms with Gasteiger partial charge in [-0.05, 0) is 58.9 Å². The lowest BCUT2D eigenvalue weighted by Crippen LogP contribution is -2.42. The van der Waals surface area contributed by atoms with Crippen molar-refractivity contribution in [2.75, 3.05) is 11.9 Å². The summed E-state index contributed by atoms with van der Waals surface area (Å²) >= 11 is 7.12. The number of anilines is 1. The van der Waals surface area contributed by atoms with Gasteiger partial charge in [0.1, 0.15) is 6.54 Å². The lowest BCUT2D eigenvalue weighted by molar-refractivity contribution is -0.122. The Labute approximate surface area is 185 Å². The molecule has 0 unspecified atom stereocenters. The number of carbonyl (C=O) groups excluding carboxylic acids is 3. The molecule has 9 heteroatoms. The van der Waals surface area contributed by atoms with Gasteiger partial charge in [-0.3, -0.25) is 14.4 Å². The topological polar surface area (TPSA) is 91.4 Å². The molecular weight excluding hydrogens is 424 g/mol. The van der Waals surface area contributed by atoms with Gasteiger partial charge in [0.05, 0.1) is 12.1 Å². The van der Waals surface area contributed by atoms with Crippen LogP contribution in [0.15, 0.2) is 29.6 Å². The van der Waals surface area contributed by atoms with Crippen LogP contribution in [0.5, 0.6) is 0 Å². The molecule has 2 aromatic rings. The van der Waals surface area contributed by atoms with E-state index in [2.05, 4.69) is 15.6 Å². The van der Waals surface area contributed by atoms with E-state index in [1.807, 2.05) is 34.6 Å². The number of benzene rings is 1. The standard InChI is InChI=1S/C21H27ClN4O3S/c1-13(2)26(19(29)14-6-8-15(22)9-7-14)11-18(28)24-20-23-16(12-30-20)10-17(27)25-21(3,4)5/h6-9,12-13H,10-11H2,1-5H3,(H,25,27)(H,23,24,28). The third-order valence-corrected chi connectivity index (χ3v) is 5.00. The van der Waals surface area contributed by atoms with E-state index in [0.717, 1.165) is 0 Å². The smallest absolute Gasteiger partial charge is 0.254 e. The van der Waals surface area contributed by atoms with Crippen molar-refractivity contribution < 1.29 is 14.4 Å². The summed E-state index contributed by atoms with van der Waals surface area (Å²) in [5.41, 5.74) is 0.721. The fraction of sp³-hybridized carbons (Fsp3) is 0.429. The molecule has 0 spiro atoms. The Morgan fingerprint density at radius 1 is 1.13 bits per heavy atom. The second-order valence-corrected chi connectivity index (χ2v) is 9.50. The number of thiazole rings is 1. The predicted octanol–water partition coefficient (Wildman–Crippen LogP) is 3.74. The summed E-state index contributed by atoms with van der Waals surface area (Å²) in [6, 6.07) is 6.37. The lowest BCUT2D eigenvalue weighted by atomic mass is 10.1. The Kier molecular flexibility index (Phi) is 7.97. The van der Waals surface area contributed by atoms with Crippen molar-refractivity contribution in [3.05, 3.63) is 45.9 Å². The minimum Gasteiger partial charge on any atom is -0.351 e. The van der Waals surface area contributed by atoms with Gasteiger partial charge in [-0.2, -0.15) is 0 Å². The van der Waals surface area contributed by atoms with Crippen LogP contribution in [0.2, 0.25) is 5.02 Å². The van der Waals surface area contributed by atoms with E-state index in [4.69, 9.17) is 11.6 Å². The van der Waals surface area contributed by atoms with Crippen LogP contribution in [0, 0.1) is 0 Å². The second-order valence-electron chi connectivity index (χ2n) is 8.20. The lowest BCUT2D eigenvalue weighted by Gasteiger charge is -2.26. The van der Waals surface area contributed by atoms with Crippen molar-refractivity contribution in [1.29, 1.82) is 0 Å². The van der Waals surface area contributed by atoms with Crippen LogP contribution in [-0.4, -0.2) is 45.7 Å². The molecule has 0 bridgehead atoms. The first kappa shape index (κ1) is 23.8. The summed E-state index contributed by atoms with van der Waals surface area (Å²) in [6.07, 6.45) is 0.136. The van der Waals surface area contributed by atoms with Crippen LogP contribution in [0.1, 0.15) is 50.7 Å². The highest BCUT2D eigenvalue weighted by atomic mass is 35.5. The fourth-order valence-corrected chi connectivity index (χ4v) is 3.49. The number of hydrogen-bond acceptors (Lipinski definition) is 5. The summed E-state index contributed by atoms with van der Waals surface area (Å²) < 4.78 is 0. The summed E-state index contributed by atoms with van der Waals surface area (Å²) in [4.78, 5) is 43.1. The molecule has 0 fully saturated rings. The highest BCUT2D eigenvalue weighted by molar-refractivity contribution is 7.13. The molecule has 0 atom stereocenters. The average Bonchev–Trinajstić information content (AvgIpc) is 3.04. The van der Waals surface area contributed by atoms with Crippen LogP contribution in [-0.2, 0) is 16.0 Å². The maximum Gasteiger partial charge on any atom is 0.254 e. The Morgan fingerprint density at radius 2 is 1.77 bits per heavy atom. The van der Waals surface area contributed by atoms with E-state index < -0.39 is 0 Å². The maximum absolute atomic E-state index is 12.8. The molecule has 0 saturated heterocycles. The largest absolute Gasteiger partial charge is 0.351 e. The molecule has 0 saturated carbocycles. The Bertz CT molecular complexity index is 904. The molecule has 3 amide bonds. The van der Waals surface area contributed by atoms with Crippen LogP contribution in [0.25, 0.3) is 0 Å². The molecule has 1 heterocycles. The number of halogens is 1. The van der Waals surface area contributed by atoms with Crippen molar-refractivity contribution in [3.63, 3.8) is 0 Å². The zero-order valence-corrected chi connectivity index (χ0v) is 19.4. The number of carbonyl (C=O) groups is 3. The summed E-state index contributed by atoms with van der Waals surface area (Å²) in [5.74, 6) is -0.744. The number of amides is 3. The summed E-state index contributed by atoms with van der Waals surface area (Å²) in [6.45, 7) is 9.29. The summed E-state index contributed by atoms with van der Waals surface area (Å²) in [5, 5.41) is 8.24. The predicted molar refractivity (Wildman–Crippen MR) is 120 cm³/mol. The molecule has 2 N–H and O–H groups in total. The molecule has 7 nitrogen and oxygen atoms in total. The van der Waals surface area contributed by atoms with Crippen LogP contribution < -0.4 is 10.6 Å². The Balaban J connectivity index is 1.98. The van der Waals surface area contributed by atoms with Gasteiger partial charge < -0.3 is 15.5 Å². The Hall–Kier alpha value is -2.45.